The van der Waals surface area contributed by atoms with Gasteiger partial charge in [-0.3, -0.25) is 0 Å². The van der Waals surface area contributed by atoms with Gasteiger partial charge in [-0.1, -0.05) is 12.2 Å². The number of anilines is 1. The molecule has 0 spiro atoms. The molecule has 0 saturated carbocycles. The Morgan fingerprint density at radius 2 is 2.16 bits per heavy atom. The largest absolute Gasteiger partial charge is 0.389 e. The van der Waals surface area contributed by atoms with Gasteiger partial charge >= 0.3 is 0 Å². The van der Waals surface area contributed by atoms with Crippen LogP contribution in [-0.4, -0.2) is 41.6 Å². The number of pyridine rings is 1. The number of rotatable bonds is 4. The highest BCUT2D eigenvalue weighted by molar-refractivity contribution is 7.80. The van der Waals surface area contributed by atoms with Crippen molar-refractivity contribution in [3.8, 4) is 0 Å². The van der Waals surface area contributed by atoms with E-state index in [4.69, 9.17) is 18.0 Å². The summed E-state index contributed by atoms with van der Waals surface area (Å²) in [6, 6.07) is 3.85. The van der Waals surface area contributed by atoms with Gasteiger partial charge in [-0.2, -0.15) is 0 Å². The first-order valence-corrected chi connectivity index (χ1v) is 7.16. The van der Waals surface area contributed by atoms with Gasteiger partial charge in [0.05, 0.1) is 0 Å². The van der Waals surface area contributed by atoms with Crippen LogP contribution >= 0.6 is 12.2 Å². The van der Waals surface area contributed by atoms with Crippen molar-refractivity contribution < 1.29 is 0 Å². The number of nitrogens with zero attached hydrogens (tertiary/aromatic N) is 2. The Bertz CT molecular complexity index is 453. The predicted octanol–water partition coefficient (Wildman–Crippen LogP) is 1.78. The van der Waals surface area contributed by atoms with Crippen molar-refractivity contribution in [2.45, 2.75) is 19.8 Å². The number of nitrogens with one attached hydrogen (secondary N) is 1. The second-order valence-electron chi connectivity index (χ2n) is 5.37. The van der Waals surface area contributed by atoms with E-state index in [1.165, 1.54) is 25.9 Å². The maximum Gasteiger partial charge on any atom is 0.126 e. The monoisotopic (exact) mass is 278 g/mol. The number of aryl methyl sites for hydroxylation is 1. The van der Waals surface area contributed by atoms with Crippen LogP contribution in [0.2, 0.25) is 0 Å². The fourth-order valence-electron chi connectivity index (χ4n) is 2.42. The Balaban J connectivity index is 1.94. The molecular formula is C14H22N4S. The van der Waals surface area contributed by atoms with Gasteiger partial charge in [-0.25, -0.2) is 4.98 Å². The van der Waals surface area contributed by atoms with Crippen LogP contribution in [0.3, 0.4) is 0 Å². The molecule has 0 unspecified atom stereocenters. The van der Waals surface area contributed by atoms with E-state index < -0.39 is 0 Å². The van der Waals surface area contributed by atoms with Crippen LogP contribution in [0.25, 0.3) is 0 Å². The molecule has 1 fully saturated rings. The van der Waals surface area contributed by atoms with Crippen molar-refractivity contribution in [3.05, 3.63) is 23.4 Å². The van der Waals surface area contributed by atoms with Crippen LogP contribution in [0.15, 0.2) is 12.1 Å². The maximum absolute atomic E-state index is 5.68. The first-order valence-electron chi connectivity index (χ1n) is 6.75. The fourth-order valence-corrected chi connectivity index (χ4v) is 2.53. The molecule has 0 bridgehead atoms. The molecule has 0 atom stereocenters. The van der Waals surface area contributed by atoms with E-state index in [0.29, 0.717) is 4.99 Å². The van der Waals surface area contributed by atoms with Gasteiger partial charge in [0.1, 0.15) is 10.8 Å². The Kier molecular flexibility index (Phi) is 4.71. The lowest BCUT2D eigenvalue weighted by molar-refractivity contribution is 0.226. The third kappa shape index (κ3) is 4.14. The van der Waals surface area contributed by atoms with E-state index in [9.17, 15) is 0 Å². The number of hydrogen-bond donors (Lipinski definition) is 2. The van der Waals surface area contributed by atoms with Crippen LogP contribution in [0, 0.1) is 12.8 Å². The molecule has 2 rings (SSSR count). The number of thiocarbonyl (C=S) groups is 1. The molecule has 4 nitrogen and oxygen atoms in total. The van der Waals surface area contributed by atoms with Crippen molar-refractivity contribution in [1.29, 1.82) is 0 Å². The second kappa shape index (κ2) is 6.30. The first-order chi connectivity index (χ1) is 9.04. The molecule has 0 aromatic carbocycles. The van der Waals surface area contributed by atoms with Crippen LogP contribution in [0.1, 0.15) is 24.1 Å². The fraction of sp³-hybridized carbons (Fsp3) is 0.571. The van der Waals surface area contributed by atoms with E-state index in [-0.39, 0.29) is 0 Å². The van der Waals surface area contributed by atoms with Gasteiger partial charge in [-0.15, -0.1) is 0 Å². The smallest absolute Gasteiger partial charge is 0.126 e. The topological polar surface area (TPSA) is 54.2 Å². The Morgan fingerprint density at radius 3 is 2.79 bits per heavy atom. The molecular weight excluding hydrogens is 256 g/mol. The number of nitrogens with two attached hydrogens (primary N) is 1. The third-order valence-corrected chi connectivity index (χ3v) is 3.88. The van der Waals surface area contributed by atoms with E-state index in [1.807, 2.05) is 19.1 Å². The molecule has 0 aliphatic carbocycles. The van der Waals surface area contributed by atoms with Crippen LogP contribution < -0.4 is 11.1 Å². The molecule has 2 heterocycles. The lowest BCUT2D eigenvalue weighted by Crippen LogP contribution is -2.33. The Hall–Kier alpha value is -1.20. The predicted molar refractivity (Wildman–Crippen MR) is 83.6 cm³/mol. The molecule has 1 aliphatic rings. The number of likely N-dealkylation sites (tertiary alicyclic amines) is 1. The average molecular weight is 278 g/mol. The highest BCUT2D eigenvalue weighted by atomic mass is 32.1. The van der Waals surface area contributed by atoms with E-state index in [0.717, 1.165) is 29.5 Å². The summed E-state index contributed by atoms with van der Waals surface area (Å²) < 4.78 is 0. The van der Waals surface area contributed by atoms with Gasteiger partial charge in [-0.05, 0) is 58.0 Å². The van der Waals surface area contributed by atoms with Crippen molar-refractivity contribution in [3.63, 3.8) is 0 Å². The van der Waals surface area contributed by atoms with E-state index in [1.54, 1.807) is 0 Å². The van der Waals surface area contributed by atoms with Crippen LogP contribution in [0.5, 0.6) is 0 Å². The summed E-state index contributed by atoms with van der Waals surface area (Å²) in [5, 5.41) is 3.42. The van der Waals surface area contributed by atoms with Gasteiger partial charge < -0.3 is 16.0 Å². The van der Waals surface area contributed by atoms with Gasteiger partial charge in [0.2, 0.25) is 0 Å². The SMILES string of the molecule is Cc1cc(C(N)=S)cc(NCC2CCN(C)CC2)n1. The van der Waals surface area contributed by atoms with Crippen molar-refractivity contribution in [1.82, 2.24) is 9.88 Å². The lowest BCUT2D eigenvalue weighted by atomic mass is 9.97. The first kappa shape index (κ1) is 14.2. The van der Waals surface area contributed by atoms with Gasteiger partial charge in [0.25, 0.3) is 0 Å². The summed E-state index contributed by atoms with van der Waals surface area (Å²) >= 11 is 5.02. The number of hydrogen-bond acceptors (Lipinski definition) is 4. The summed E-state index contributed by atoms with van der Waals surface area (Å²) in [6.07, 6.45) is 2.49. The lowest BCUT2D eigenvalue weighted by Gasteiger charge is -2.29. The van der Waals surface area contributed by atoms with Crippen LogP contribution in [-0.2, 0) is 0 Å². The highest BCUT2D eigenvalue weighted by Crippen LogP contribution is 2.17. The van der Waals surface area contributed by atoms with Crippen LogP contribution in [0.4, 0.5) is 5.82 Å². The minimum atomic E-state index is 0.424. The average Bonchev–Trinajstić information content (AvgIpc) is 2.37. The molecule has 104 valence electrons. The normalized spacial score (nSPS) is 17.4. The van der Waals surface area contributed by atoms with Gasteiger partial charge in [0, 0.05) is 17.8 Å². The van der Waals surface area contributed by atoms with Crippen molar-refractivity contribution in [2.75, 3.05) is 32.0 Å². The van der Waals surface area contributed by atoms with Gasteiger partial charge in [0.15, 0.2) is 0 Å². The van der Waals surface area contributed by atoms with E-state index in [2.05, 4.69) is 22.2 Å². The maximum atomic E-state index is 5.68. The standard InChI is InChI=1S/C14H22N4S/c1-10-7-12(14(15)19)8-13(17-10)16-9-11-3-5-18(2)6-4-11/h7-8,11H,3-6,9H2,1-2H3,(H2,15,19)(H,16,17). The zero-order chi connectivity index (χ0) is 13.8. The molecule has 1 saturated heterocycles. The minimum Gasteiger partial charge on any atom is -0.389 e. The quantitative estimate of drug-likeness (QED) is 0.822. The van der Waals surface area contributed by atoms with E-state index >= 15 is 0 Å². The summed E-state index contributed by atoms with van der Waals surface area (Å²) in [7, 11) is 2.18. The molecule has 19 heavy (non-hydrogen) atoms. The molecule has 0 radical (unpaired) electrons. The number of piperidine rings is 1. The zero-order valence-corrected chi connectivity index (χ0v) is 12.5. The summed E-state index contributed by atoms with van der Waals surface area (Å²) in [6.45, 7) is 5.31. The highest BCUT2D eigenvalue weighted by Gasteiger charge is 2.16. The third-order valence-electron chi connectivity index (χ3n) is 3.65. The minimum absolute atomic E-state index is 0.424. The van der Waals surface area contributed by atoms with Crippen molar-refractivity contribution >= 4 is 23.0 Å². The Morgan fingerprint density at radius 1 is 1.47 bits per heavy atom. The summed E-state index contributed by atoms with van der Waals surface area (Å²) in [5.41, 5.74) is 7.50. The number of aromatic nitrogens is 1. The molecule has 3 N–H and O–H groups in total. The molecule has 5 heteroatoms. The molecule has 1 aromatic heterocycles. The Labute approximate surface area is 120 Å². The molecule has 1 aromatic rings. The molecule has 1 aliphatic heterocycles. The summed E-state index contributed by atoms with van der Waals surface area (Å²) in [5.74, 6) is 1.61. The summed E-state index contributed by atoms with van der Waals surface area (Å²) in [4.78, 5) is 7.28. The molecule has 0 amide bonds. The second-order valence-corrected chi connectivity index (χ2v) is 5.81. The van der Waals surface area contributed by atoms with Crippen molar-refractivity contribution in [2.24, 2.45) is 11.7 Å². The zero-order valence-electron chi connectivity index (χ0n) is 11.6.